The van der Waals surface area contributed by atoms with Gasteiger partial charge in [-0.05, 0) is 23.8 Å². The van der Waals surface area contributed by atoms with Gasteiger partial charge in [0.25, 0.3) is 0 Å². The maximum Gasteiger partial charge on any atom is 0.348 e. The van der Waals surface area contributed by atoms with Gasteiger partial charge < -0.3 is 18.9 Å². The van der Waals surface area contributed by atoms with E-state index < -0.39 is 11.9 Å². The molecule has 1 aromatic rings. The molecule has 0 spiro atoms. The number of hydrogen-bond acceptors (Lipinski definition) is 7. The second kappa shape index (κ2) is 8.44. The highest BCUT2D eigenvalue weighted by molar-refractivity contribution is 5.97. The summed E-state index contributed by atoms with van der Waals surface area (Å²) in [6.07, 6.45) is 1.34. The zero-order valence-corrected chi connectivity index (χ0v) is 12.4. The summed E-state index contributed by atoms with van der Waals surface area (Å²) in [6.45, 7) is -0.189. The number of hydrogen-bond donors (Lipinski definition) is 0. The molecule has 0 saturated heterocycles. The van der Waals surface area contributed by atoms with Gasteiger partial charge in [0.05, 0.1) is 14.2 Å². The maximum absolute atomic E-state index is 11.4. The van der Waals surface area contributed by atoms with Crippen molar-refractivity contribution in [2.45, 2.75) is 0 Å². The molecule has 0 bridgehead atoms. The summed E-state index contributed by atoms with van der Waals surface area (Å²) in [7, 11) is 3.97. The number of esters is 2. The van der Waals surface area contributed by atoms with Gasteiger partial charge in [0.1, 0.15) is 18.2 Å². The van der Waals surface area contributed by atoms with Gasteiger partial charge in [0, 0.05) is 7.11 Å². The number of nitrogens with zero attached hydrogens (tertiary/aromatic N) is 1. The topological polar surface area (TPSA) is 94.9 Å². The van der Waals surface area contributed by atoms with Gasteiger partial charge in [-0.25, -0.2) is 9.59 Å². The summed E-state index contributed by atoms with van der Waals surface area (Å²) >= 11 is 0. The van der Waals surface area contributed by atoms with E-state index in [0.717, 1.165) is 0 Å². The lowest BCUT2D eigenvalue weighted by molar-refractivity contribution is -0.138. The zero-order valence-electron chi connectivity index (χ0n) is 12.4. The summed E-state index contributed by atoms with van der Waals surface area (Å²) in [4.78, 5) is 22.8. The molecule has 0 N–H and O–H groups in total. The molecule has 116 valence electrons. The monoisotopic (exact) mass is 305 g/mol. The van der Waals surface area contributed by atoms with Gasteiger partial charge in [-0.2, -0.15) is 5.26 Å². The number of ether oxygens (including phenoxy) is 4. The van der Waals surface area contributed by atoms with Crippen molar-refractivity contribution in [3.63, 3.8) is 0 Å². The normalized spacial score (nSPS) is 10.5. The third-order valence-electron chi connectivity index (χ3n) is 2.51. The quantitative estimate of drug-likeness (QED) is 0.338. The van der Waals surface area contributed by atoms with E-state index >= 15 is 0 Å². The van der Waals surface area contributed by atoms with Crippen LogP contribution in [0.5, 0.6) is 11.5 Å². The summed E-state index contributed by atoms with van der Waals surface area (Å²) in [5.41, 5.74) is 0.360. The molecule has 0 unspecified atom stereocenters. The van der Waals surface area contributed by atoms with E-state index in [1.54, 1.807) is 12.1 Å². The van der Waals surface area contributed by atoms with E-state index in [9.17, 15) is 9.59 Å². The molecule has 7 heteroatoms. The number of methoxy groups -OCH3 is 3. The molecule has 7 nitrogen and oxygen atoms in total. The van der Waals surface area contributed by atoms with Crippen molar-refractivity contribution in [3.05, 3.63) is 29.3 Å². The van der Waals surface area contributed by atoms with E-state index in [0.29, 0.717) is 5.56 Å². The number of nitriles is 1. The summed E-state index contributed by atoms with van der Waals surface area (Å²) < 4.78 is 19.3. The molecule has 0 aromatic heterocycles. The highest BCUT2D eigenvalue weighted by Crippen LogP contribution is 2.29. The standard InChI is InChI=1S/C15H15NO6/c1-19-9-14(17)22-12-5-4-10(7-13(12)20-2)6-11(8-16)15(18)21-3/h4-7H,9H2,1-3H3/b11-6+. The second-order valence-electron chi connectivity index (χ2n) is 3.98. The van der Waals surface area contributed by atoms with Crippen molar-refractivity contribution in [2.24, 2.45) is 0 Å². The average molecular weight is 305 g/mol. The van der Waals surface area contributed by atoms with E-state index in [2.05, 4.69) is 9.47 Å². The fourth-order valence-electron chi connectivity index (χ4n) is 1.54. The zero-order chi connectivity index (χ0) is 16.5. The predicted molar refractivity (Wildman–Crippen MR) is 76.1 cm³/mol. The van der Waals surface area contributed by atoms with Crippen LogP contribution in [0.1, 0.15) is 5.56 Å². The number of rotatable bonds is 6. The Labute approximate surface area is 127 Å². The van der Waals surface area contributed by atoms with Gasteiger partial charge >= 0.3 is 11.9 Å². The fourth-order valence-corrected chi connectivity index (χ4v) is 1.54. The molecule has 0 heterocycles. The number of carbonyl (C=O) groups is 2. The maximum atomic E-state index is 11.4. The van der Waals surface area contributed by atoms with Crippen LogP contribution in [0.25, 0.3) is 6.08 Å². The minimum Gasteiger partial charge on any atom is -0.493 e. The van der Waals surface area contributed by atoms with Crippen LogP contribution in [0, 0.1) is 11.3 Å². The Morgan fingerprint density at radius 2 is 1.95 bits per heavy atom. The molecule has 1 rings (SSSR count). The highest BCUT2D eigenvalue weighted by atomic mass is 16.6. The number of benzene rings is 1. The van der Waals surface area contributed by atoms with Gasteiger partial charge in [0.2, 0.25) is 0 Å². The molecule has 0 atom stereocenters. The minimum atomic E-state index is -0.739. The van der Waals surface area contributed by atoms with E-state index in [4.69, 9.17) is 14.7 Å². The van der Waals surface area contributed by atoms with Gasteiger partial charge in [-0.15, -0.1) is 0 Å². The first-order chi connectivity index (χ1) is 10.5. The molecule has 0 aliphatic rings. The van der Waals surface area contributed by atoms with Gasteiger partial charge in [-0.1, -0.05) is 6.07 Å². The minimum absolute atomic E-state index is 0.159. The van der Waals surface area contributed by atoms with E-state index in [1.165, 1.54) is 39.5 Å². The van der Waals surface area contributed by atoms with E-state index in [-0.39, 0.29) is 23.7 Å². The molecular weight excluding hydrogens is 290 g/mol. The molecule has 1 aromatic carbocycles. The van der Waals surface area contributed by atoms with Crippen LogP contribution in [0.15, 0.2) is 23.8 Å². The van der Waals surface area contributed by atoms with Crippen LogP contribution in [0.3, 0.4) is 0 Å². The van der Waals surface area contributed by atoms with Crippen LogP contribution in [-0.2, 0) is 19.1 Å². The Morgan fingerprint density at radius 3 is 2.50 bits per heavy atom. The van der Waals surface area contributed by atoms with Crippen molar-refractivity contribution in [3.8, 4) is 17.6 Å². The summed E-state index contributed by atoms with van der Waals surface area (Å²) in [6, 6.07) is 6.33. The third-order valence-corrected chi connectivity index (χ3v) is 2.51. The van der Waals surface area contributed by atoms with Gasteiger partial charge in [-0.3, -0.25) is 0 Å². The number of carbonyl (C=O) groups excluding carboxylic acids is 2. The molecular formula is C15H15NO6. The smallest absolute Gasteiger partial charge is 0.348 e. The van der Waals surface area contributed by atoms with Crippen molar-refractivity contribution >= 4 is 18.0 Å². The van der Waals surface area contributed by atoms with Crippen LogP contribution in [0.4, 0.5) is 0 Å². The molecule has 0 aliphatic carbocycles. The van der Waals surface area contributed by atoms with Crippen LogP contribution in [0.2, 0.25) is 0 Å². The summed E-state index contributed by atoms with van der Waals surface area (Å²) in [5.74, 6) is -0.827. The van der Waals surface area contributed by atoms with E-state index in [1.807, 2.05) is 0 Å². The molecule has 0 fully saturated rings. The Hall–Kier alpha value is -2.85. The molecule has 0 amide bonds. The second-order valence-corrected chi connectivity index (χ2v) is 3.98. The highest BCUT2D eigenvalue weighted by Gasteiger charge is 2.12. The molecule has 0 radical (unpaired) electrons. The SMILES string of the molecule is COCC(=O)Oc1ccc(/C=C(\C#N)C(=O)OC)cc1OC. The predicted octanol–water partition coefficient (Wildman–Crippen LogP) is 1.33. The third kappa shape index (κ3) is 4.61. The van der Waals surface area contributed by atoms with Crippen LogP contribution in [-0.4, -0.2) is 39.9 Å². The molecule has 22 heavy (non-hydrogen) atoms. The molecule has 0 saturated carbocycles. The first-order valence-electron chi connectivity index (χ1n) is 6.13. The van der Waals surface area contributed by atoms with Crippen molar-refractivity contribution in [2.75, 3.05) is 27.9 Å². The first-order valence-corrected chi connectivity index (χ1v) is 6.13. The fraction of sp³-hybridized carbons (Fsp3) is 0.267. The lowest BCUT2D eigenvalue weighted by Gasteiger charge is -2.09. The van der Waals surface area contributed by atoms with Gasteiger partial charge in [0.15, 0.2) is 11.5 Å². The summed E-state index contributed by atoms with van der Waals surface area (Å²) in [5, 5.41) is 8.91. The van der Waals surface area contributed by atoms with Crippen LogP contribution < -0.4 is 9.47 Å². The Morgan fingerprint density at radius 1 is 1.23 bits per heavy atom. The van der Waals surface area contributed by atoms with Crippen molar-refractivity contribution in [1.29, 1.82) is 5.26 Å². The average Bonchev–Trinajstić information content (AvgIpc) is 2.53. The van der Waals surface area contributed by atoms with Crippen LogP contribution >= 0.6 is 0 Å². The van der Waals surface area contributed by atoms with Crippen molar-refractivity contribution in [1.82, 2.24) is 0 Å². The van der Waals surface area contributed by atoms with Crippen molar-refractivity contribution < 1.29 is 28.5 Å². The largest absolute Gasteiger partial charge is 0.493 e. The molecule has 0 aliphatic heterocycles. The first kappa shape index (κ1) is 17.2. The lowest BCUT2D eigenvalue weighted by atomic mass is 10.1. The Kier molecular flexibility index (Phi) is 6.60. The Balaban J connectivity index is 3.07. The Bertz CT molecular complexity index is 629. The lowest BCUT2D eigenvalue weighted by Crippen LogP contribution is -2.14.